The molecule has 5 nitrogen and oxygen atoms in total. The lowest BCUT2D eigenvalue weighted by Crippen LogP contribution is -2.50. The highest BCUT2D eigenvalue weighted by Gasteiger charge is 2.25. The molecule has 116 valence electrons. The summed E-state index contributed by atoms with van der Waals surface area (Å²) in [5.74, 6) is 0.767. The van der Waals surface area contributed by atoms with Gasteiger partial charge >= 0.3 is 0 Å². The number of nitrogens with zero attached hydrogens (tertiary/aromatic N) is 2. The topological polar surface area (TPSA) is 48.0 Å². The van der Waals surface area contributed by atoms with Crippen molar-refractivity contribution in [2.45, 2.75) is 19.0 Å². The highest BCUT2D eigenvalue weighted by Crippen LogP contribution is 2.27. The highest BCUT2D eigenvalue weighted by molar-refractivity contribution is 5.41. The van der Waals surface area contributed by atoms with Crippen LogP contribution in [0.4, 0.5) is 0 Å². The second kappa shape index (κ2) is 6.64. The summed E-state index contributed by atoms with van der Waals surface area (Å²) in [6.45, 7) is 7.70. The number of phenolic OH excluding ortho intramolecular Hbond substituents is 1. The van der Waals surface area contributed by atoms with E-state index >= 15 is 0 Å². The summed E-state index contributed by atoms with van der Waals surface area (Å²) in [5, 5.41) is 13.3. The van der Waals surface area contributed by atoms with Crippen molar-refractivity contribution in [2.24, 2.45) is 0 Å². The van der Waals surface area contributed by atoms with Gasteiger partial charge in [-0.25, -0.2) is 0 Å². The standard InChI is InChI=1S/C16H25N3O2/c1-21-16-3-2-13(10-15(16)20)12-18-6-8-19(9-7-18)14-4-5-17-11-14/h2-3,10,14,17,20H,4-9,11-12H2,1H3. The van der Waals surface area contributed by atoms with Crippen molar-refractivity contribution in [2.75, 3.05) is 46.4 Å². The van der Waals surface area contributed by atoms with Crippen molar-refractivity contribution >= 4 is 0 Å². The number of methoxy groups -OCH3 is 1. The first-order valence-corrected chi connectivity index (χ1v) is 7.79. The highest BCUT2D eigenvalue weighted by atomic mass is 16.5. The van der Waals surface area contributed by atoms with Crippen LogP contribution in [-0.2, 0) is 6.54 Å². The zero-order valence-corrected chi connectivity index (χ0v) is 12.7. The second-order valence-electron chi connectivity index (χ2n) is 5.96. The molecule has 3 rings (SSSR count). The maximum Gasteiger partial charge on any atom is 0.160 e. The maximum atomic E-state index is 9.85. The lowest BCUT2D eigenvalue weighted by molar-refractivity contribution is 0.0981. The van der Waals surface area contributed by atoms with E-state index in [-0.39, 0.29) is 5.75 Å². The molecule has 2 heterocycles. The van der Waals surface area contributed by atoms with Crippen molar-refractivity contribution in [3.63, 3.8) is 0 Å². The third kappa shape index (κ3) is 3.48. The average molecular weight is 291 g/mol. The molecule has 21 heavy (non-hydrogen) atoms. The van der Waals surface area contributed by atoms with Crippen molar-refractivity contribution < 1.29 is 9.84 Å². The molecule has 0 spiro atoms. The monoisotopic (exact) mass is 291 g/mol. The number of phenols is 1. The van der Waals surface area contributed by atoms with Crippen LogP contribution in [0, 0.1) is 0 Å². The van der Waals surface area contributed by atoms with Crippen LogP contribution < -0.4 is 10.1 Å². The van der Waals surface area contributed by atoms with Gasteiger partial charge in [-0.1, -0.05) is 6.07 Å². The Balaban J connectivity index is 1.51. The predicted octanol–water partition coefficient (Wildman–Crippen LogP) is 0.880. The van der Waals surface area contributed by atoms with Gasteiger partial charge in [0.25, 0.3) is 0 Å². The summed E-state index contributed by atoms with van der Waals surface area (Å²) < 4.78 is 5.08. The molecule has 0 aromatic heterocycles. The van der Waals surface area contributed by atoms with Crippen molar-refractivity contribution in [3.05, 3.63) is 23.8 Å². The SMILES string of the molecule is COc1ccc(CN2CCN(C3CCNC3)CC2)cc1O. The Hall–Kier alpha value is -1.30. The average Bonchev–Trinajstić information content (AvgIpc) is 3.02. The number of rotatable bonds is 4. The molecular formula is C16H25N3O2. The van der Waals surface area contributed by atoms with Crippen molar-refractivity contribution in [1.82, 2.24) is 15.1 Å². The molecule has 1 atom stereocenters. The van der Waals surface area contributed by atoms with Crippen LogP contribution in [0.3, 0.4) is 0 Å². The minimum Gasteiger partial charge on any atom is -0.504 e. The van der Waals surface area contributed by atoms with Gasteiger partial charge in [0.15, 0.2) is 11.5 Å². The number of nitrogens with one attached hydrogen (secondary N) is 1. The van der Waals surface area contributed by atoms with Crippen LogP contribution in [-0.4, -0.2) is 67.3 Å². The third-order valence-electron chi connectivity index (χ3n) is 4.61. The molecule has 1 unspecified atom stereocenters. The first kappa shape index (κ1) is 14.6. The molecule has 0 saturated carbocycles. The molecule has 1 aromatic carbocycles. The summed E-state index contributed by atoms with van der Waals surface area (Å²) >= 11 is 0. The maximum absolute atomic E-state index is 9.85. The summed E-state index contributed by atoms with van der Waals surface area (Å²) in [5.41, 5.74) is 1.14. The van der Waals surface area contributed by atoms with E-state index in [0.717, 1.165) is 57.4 Å². The zero-order valence-electron chi connectivity index (χ0n) is 12.7. The van der Waals surface area contributed by atoms with Crippen molar-refractivity contribution in [1.29, 1.82) is 0 Å². The van der Waals surface area contributed by atoms with Gasteiger partial charge in [-0.3, -0.25) is 9.80 Å². The minimum atomic E-state index is 0.227. The van der Waals surface area contributed by atoms with E-state index < -0.39 is 0 Å². The van der Waals surface area contributed by atoms with Gasteiger partial charge < -0.3 is 15.2 Å². The minimum absolute atomic E-state index is 0.227. The Morgan fingerprint density at radius 1 is 1.29 bits per heavy atom. The number of hydrogen-bond donors (Lipinski definition) is 2. The van der Waals surface area contributed by atoms with Gasteiger partial charge in [-0.15, -0.1) is 0 Å². The summed E-state index contributed by atoms with van der Waals surface area (Å²) in [7, 11) is 1.58. The lowest BCUT2D eigenvalue weighted by atomic mass is 10.1. The molecular weight excluding hydrogens is 266 g/mol. The van der Waals surface area contributed by atoms with Crippen LogP contribution in [0.2, 0.25) is 0 Å². The summed E-state index contributed by atoms with van der Waals surface area (Å²) in [6.07, 6.45) is 1.28. The molecule has 0 aliphatic carbocycles. The van der Waals surface area contributed by atoms with Gasteiger partial charge in [0.1, 0.15) is 0 Å². The van der Waals surface area contributed by atoms with Crippen LogP contribution in [0.15, 0.2) is 18.2 Å². The Kier molecular flexibility index (Phi) is 4.63. The molecule has 0 bridgehead atoms. The van der Waals surface area contributed by atoms with Crippen LogP contribution >= 0.6 is 0 Å². The zero-order chi connectivity index (χ0) is 14.7. The first-order valence-electron chi connectivity index (χ1n) is 7.79. The Morgan fingerprint density at radius 2 is 2.10 bits per heavy atom. The molecule has 0 radical (unpaired) electrons. The fraction of sp³-hybridized carbons (Fsp3) is 0.625. The van der Waals surface area contributed by atoms with Gasteiger partial charge in [-0.05, 0) is 30.7 Å². The molecule has 2 fully saturated rings. The molecule has 1 aromatic rings. The van der Waals surface area contributed by atoms with Gasteiger partial charge in [-0.2, -0.15) is 0 Å². The fourth-order valence-corrected chi connectivity index (χ4v) is 3.33. The molecule has 0 amide bonds. The molecule has 2 aliphatic rings. The van der Waals surface area contributed by atoms with E-state index in [2.05, 4.69) is 15.1 Å². The second-order valence-corrected chi connectivity index (χ2v) is 5.96. The van der Waals surface area contributed by atoms with Crippen molar-refractivity contribution in [3.8, 4) is 11.5 Å². The normalized spacial score (nSPS) is 24.3. The molecule has 5 heteroatoms. The van der Waals surface area contributed by atoms with E-state index in [1.807, 2.05) is 18.2 Å². The number of hydrogen-bond acceptors (Lipinski definition) is 5. The number of piperazine rings is 1. The number of aromatic hydroxyl groups is 1. The number of benzene rings is 1. The Morgan fingerprint density at radius 3 is 2.71 bits per heavy atom. The first-order chi connectivity index (χ1) is 10.3. The van der Waals surface area contributed by atoms with E-state index in [4.69, 9.17) is 4.74 Å². The molecule has 2 aliphatic heterocycles. The van der Waals surface area contributed by atoms with Gasteiger partial charge in [0.2, 0.25) is 0 Å². The van der Waals surface area contributed by atoms with Crippen LogP contribution in [0.5, 0.6) is 11.5 Å². The van der Waals surface area contributed by atoms with Crippen LogP contribution in [0.1, 0.15) is 12.0 Å². The number of ether oxygens (including phenoxy) is 1. The van der Waals surface area contributed by atoms with E-state index in [0.29, 0.717) is 5.75 Å². The Bertz CT molecular complexity index is 467. The predicted molar refractivity (Wildman–Crippen MR) is 82.8 cm³/mol. The fourth-order valence-electron chi connectivity index (χ4n) is 3.33. The van der Waals surface area contributed by atoms with Gasteiger partial charge in [0.05, 0.1) is 7.11 Å². The van der Waals surface area contributed by atoms with E-state index in [1.54, 1.807) is 7.11 Å². The molecule has 2 N–H and O–H groups in total. The van der Waals surface area contributed by atoms with E-state index in [1.165, 1.54) is 6.42 Å². The third-order valence-corrected chi connectivity index (χ3v) is 4.61. The van der Waals surface area contributed by atoms with Gasteiger partial charge in [0, 0.05) is 45.3 Å². The smallest absolute Gasteiger partial charge is 0.160 e. The lowest BCUT2D eigenvalue weighted by Gasteiger charge is -2.37. The summed E-state index contributed by atoms with van der Waals surface area (Å²) in [4.78, 5) is 5.07. The Labute approximate surface area is 126 Å². The largest absolute Gasteiger partial charge is 0.504 e. The van der Waals surface area contributed by atoms with Crippen LogP contribution in [0.25, 0.3) is 0 Å². The quantitative estimate of drug-likeness (QED) is 0.862. The summed E-state index contributed by atoms with van der Waals surface area (Å²) in [6, 6.07) is 6.42. The van der Waals surface area contributed by atoms with E-state index in [9.17, 15) is 5.11 Å². The molecule has 2 saturated heterocycles.